The number of para-hydroxylation sites is 1. The van der Waals surface area contributed by atoms with Gasteiger partial charge in [0.05, 0.1) is 0 Å². The Hall–Kier alpha value is -1.89. The minimum absolute atomic E-state index is 0.0522. The first-order valence-electron chi connectivity index (χ1n) is 7.65. The van der Waals surface area contributed by atoms with Gasteiger partial charge in [-0.15, -0.1) is 0 Å². The molecule has 0 unspecified atom stereocenters. The molecule has 1 aliphatic heterocycles. The van der Waals surface area contributed by atoms with Crippen molar-refractivity contribution >= 4 is 27.3 Å². The van der Waals surface area contributed by atoms with Crippen LogP contribution < -0.4 is 10.2 Å². The van der Waals surface area contributed by atoms with E-state index in [0.717, 1.165) is 11.9 Å². The van der Waals surface area contributed by atoms with E-state index in [1.165, 1.54) is 0 Å². The van der Waals surface area contributed by atoms with Gasteiger partial charge in [-0.2, -0.15) is 0 Å². The van der Waals surface area contributed by atoms with E-state index in [2.05, 4.69) is 5.32 Å². The van der Waals surface area contributed by atoms with Crippen molar-refractivity contribution in [1.29, 1.82) is 0 Å². The highest BCUT2D eigenvalue weighted by Crippen LogP contribution is 2.43. The summed E-state index contributed by atoms with van der Waals surface area (Å²) in [5, 5.41) is 2.66. The normalized spacial score (nSPS) is 26.2. The van der Waals surface area contributed by atoms with E-state index < -0.39 is 26.5 Å². The number of carbonyl (C=O) groups excluding carboxylic acids is 2. The van der Waals surface area contributed by atoms with E-state index in [1.54, 1.807) is 4.90 Å². The Morgan fingerprint density at radius 2 is 1.87 bits per heavy atom. The van der Waals surface area contributed by atoms with Crippen LogP contribution in [-0.4, -0.2) is 43.3 Å². The molecule has 1 aromatic carbocycles. The first kappa shape index (κ1) is 16.0. The third kappa shape index (κ3) is 2.63. The van der Waals surface area contributed by atoms with Gasteiger partial charge in [0.25, 0.3) is 0 Å². The van der Waals surface area contributed by atoms with Crippen LogP contribution in [0.5, 0.6) is 0 Å². The fraction of sp³-hybridized carbons (Fsp3) is 0.500. The number of nitrogens with zero attached hydrogens (tertiary/aromatic N) is 1. The summed E-state index contributed by atoms with van der Waals surface area (Å²) in [5.74, 6) is -0.734. The second-order valence-corrected chi connectivity index (χ2v) is 8.75. The number of amides is 2. The number of rotatable bonds is 4. The third-order valence-electron chi connectivity index (χ3n) is 4.72. The molecule has 1 aliphatic carbocycles. The van der Waals surface area contributed by atoms with Gasteiger partial charge in [-0.1, -0.05) is 18.2 Å². The van der Waals surface area contributed by atoms with Crippen molar-refractivity contribution in [2.24, 2.45) is 0 Å². The summed E-state index contributed by atoms with van der Waals surface area (Å²) in [7, 11) is -3.47. The first-order valence-corrected chi connectivity index (χ1v) is 9.54. The molecule has 1 saturated carbocycles. The molecule has 1 aromatic rings. The monoisotopic (exact) mass is 336 g/mol. The maximum absolute atomic E-state index is 12.6. The zero-order chi connectivity index (χ0) is 16.8. The molecule has 2 aliphatic rings. The predicted molar refractivity (Wildman–Crippen MR) is 86.7 cm³/mol. The van der Waals surface area contributed by atoms with Gasteiger partial charge in [0.15, 0.2) is 14.6 Å². The fourth-order valence-electron chi connectivity index (χ4n) is 3.19. The van der Waals surface area contributed by atoms with Crippen molar-refractivity contribution in [2.75, 3.05) is 11.2 Å². The Kier molecular flexibility index (Phi) is 3.71. The van der Waals surface area contributed by atoms with Crippen LogP contribution in [0.1, 0.15) is 26.2 Å². The van der Waals surface area contributed by atoms with Gasteiger partial charge in [0, 0.05) is 18.0 Å². The van der Waals surface area contributed by atoms with Crippen LogP contribution in [0.15, 0.2) is 30.3 Å². The molecular weight excluding hydrogens is 316 g/mol. The quantitative estimate of drug-likeness (QED) is 0.884. The molecule has 1 N–H and O–H groups in total. The van der Waals surface area contributed by atoms with Gasteiger partial charge >= 0.3 is 0 Å². The van der Waals surface area contributed by atoms with Crippen LogP contribution >= 0.6 is 0 Å². The smallest absolute Gasteiger partial charge is 0.249 e. The van der Waals surface area contributed by atoms with Crippen molar-refractivity contribution < 1.29 is 18.0 Å². The summed E-state index contributed by atoms with van der Waals surface area (Å²) in [4.78, 5) is 26.6. The maximum Gasteiger partial charge on any atom is 0.249 e. The number of anilines is 1. The van der Waals surface area contributed by atoms with Crippen LogP contribution in [0.25, 0.3) is 0 Å². The summed E-state index contributed by atoms with van der Waals surface area (Å²) < 4.78 is 22.3. The Labute approximate surface area is 135 Å². The number of nitrogens with one attached hydrogen (secondary N) is 1. The Bertz CT molecular complexity index is 741. The largest absolute Gasteiger partial charge is 0.343 e. The van der Waals surface area contributed by atoms with Crippen molar-refractivity contribution in [3.63, 3.8) is 0 Å². The zero-order valence-corrected chi connectivity index (χ0v) is 14.0. The molecular formula is C16H20N2O4S. The topological polar surface area (TPSA) is 83.5 Å². The standard InChI is InChI=1S/C16H20N2O4S/c1-11-10-13(14(19)18(11)12-6-4-3-5-7-12)17-15(20)16(8-9-16)23(2,21)22/h3-7,11,13H,8-10H2,1-2H3,(H,17,20)/t11-,13+/m0/s1. The van der Waals surface area contributed by atoms with Crippen molar-refractivity contribution in [1.82, 2.24) is 5.32 Å². The molecule has 2 atom stereocenters. The highest BCUT2D eigenvalue weighted by molar-refractivity contribution is 7.93. The van der Waals surface area contributed by atoms with Crippen LogP contribution in [0.4, 0.5) is 5.69 Å². The fourth-order valence-corrected chi connectivity index (χ4v) is 4.43. The molecule has 2 amide bonds. The molecule has 0 spiro atoms. The van der Waals surface area contributed by atoms with E-state index in [-0.39, 0.29) is 11.9 Å². The molecule has 0 aromatic heterocycles. The van der Waals surface area contributed by atoms with Gasteiger partial charge < -0.3 is 10.2 Å². The van der Waals surface area contributed by atoms with Crippen molar-refractivity contribution in [3.8, 4) is 0 Å². The SMILES string of the molecule is C[C@H]1C[C@@H](NC(=O)C2(S(C)(=O)=O)CC2)C(=O)N1c1ccccc1. The summed E-state index contributed by atoms with van der Waals surface area (Å²) in [6.07, 6.45) is 2.21. The van der Waals surface area contributed by atoms with Crippen LogP contribution in [0.2, 0.25) is 0 Å². The Balaban J connectivity index is 1.76. The number of hydrogen-bond acceptors (Lipinski definition) is 4. The lowest BCUT2D eigenvalue weighted by Gasteiger charge is -2.21. The number of benzene rings is 1. The van der Waals surface area contributed by atoms with E-state index in [9.17, 15) is 18.0 Å². The number of carbonyl (C=O) groups is 2. The van der Waals surface area contributed by atoms with Gasteiger partial charge in [-0.05, 0) is 38.3 Å². The lowest BCUT2D eigenvalue weighted by atomic mass is 10.2. The minimum Gasteiger partial charge on any atom is -0.343 e. The maximum atomic E-state index is 12.6. The van der Waals surface area contributed by atoms with Crippen LogP contribution in [0.3, 0.4) is 0 Å². The summed E-state index contributed by atoms with van der Waals surface area (Å²) >= 11 is 0. The second kappa shape index (κ2) is 5.33. The van der Waals surface area contributed by atoms with E-state index in [4.69, 9.17) is 0 Å². The zero-order valence-electron chi connectivity index (χ0n) is 13.2. The van der Waals surface area contributed by atoms with Gasteiger partial charge in [-0.3, -0.25) is 9.59 Å². The van der Waals surface area contributed by atoms with E-state index in [1.807, 2.05) is 37.3 Å². The Morgan fingerprint density at radius 3 is 2.39 bits per heavy atom. The third-order valence-corrected chi connectivity index (χ3v) is 6.73. The molecule has 3 rings (SSSR count). The highest BCUT2D eigenvalue weighted by atomic mass is 32.2. The van der Waals surface area contributed by atoms with E-state index in [0.29, 0.717) is 19.3 Å². The summed E-state index contributed by atoms with van der Waals surface area (Å²) in [6.45, 7) is 1.92. The van der Waals surface area contributed by atoms with Crippen molar-refractivity contribution in [2.45, 2.75) is 43.0 Å². The average molecular weight is 336 g/mol. The molecule has 2 fully saturated rings. The molecule has 0 bridgehead atoms. The van der Waals surface area contributed by atoms with Crippen LogP contribution in [-0.2, 0) is 19.4 Å². The predicted octanol–water partition coefficient (Wildman–Crippen LogP) is 0.874. The molecule has 1 saturated heterocycles. The molecule has 7 heteroatoms. The lowest BCUT2D eigenvalue weighted by molar-refractivity contribution is -0.126. The second-order valence-electron chi connectivity index (χ2n) is 6.42. The minimum atomic E-state index is -3.47. The van der Waals surface area contributed by atoms with Crippen molar-refractivity contribution in [3.05, 3.63) is 30.3 Å². The molecule has 6 nitrogen and oxygen atoms in total. The molecule has 1 heterocycles. The number of sulfone groups is 1. The van der Waals surface area contributed by atoms with Gasteiger partial charge in [0.1, 0.15) is 6.04 Å². The Morgan fingerprint density at radius 1 is 1.26 bits per heavy atom. The highest BCUT2D eigenvalue weighted by Gasteiger charge is 2.59. The first-order chi connectivity index (χ1) is 10.8. The summed E-state index contributed by atoms with van der Waals surface area (Å²) in [5.41, 5.74) is 0.783. The molecule has 124 valence electrons. The average Bonchev–Trinajstić information content (AvgIpc) is 3.24. The van der Waals surface area contributed by atoms with Crippen LogP contribution in [0, 0.1) is 0 Å². The molecule has 0 radical (unpaired) electrons. The van der Waals surface area contributed by atoms with Gasteiger partial charge in [0.2, 0.25) is 11.8 Å². The summed E-state index contributed by atoms with van der Waals surface area (Å²) in [6, 6.07) is 8.54. The van der Waals surface area contributed by atoms with Gasteiger partial charge in [-0.25, -0.2) is 8.42 Å². The lowest BCUT2D eigenvalue weighted by Crippen LogP contribution is -2.49. The number of hydrogen-bond donors (Lipinski definition) is 1. The van der Waals surface area contributed by atoms with E-state index >= 15 is 0 Å². The molecule has 23 heavy (non-hydrogen) atoms.